The lowest BCUT2D eigenvalue weighted by Gasteiger charge is -2.31. The molecule has 1 saturated heterocycles. The third-order valence-electron chi connectivity index (χ3n) is 3.09. The van der Waals surface area contributed by atoms with E-state index in [1.165, 1.54) is 22.5 Å². The van der Waals surface area contributed by atoms with E-state index in [0.29, 0.717) is 25.2 Å². The number of halogens is 1. The molecule has 0 spiro atoms. The Morgan fingerprint density at radius 3 is 2.78 bits per heavy atom. The van der Waals surface area contributed by atoms with Crippen LogP contribution in [0.5, 0.6) is 0 Å². The van der Waals surface area contributed by atoms with Gasteiger partial charge in [0.1, 0.15) is 5.82 Å². The van der Waals surface area contributed by atoms with Gasteiger partial charge in [-0.15, -0.1) is 0 Å². The minimum Gasteiger partial charge on any atom is -0.312 e. The molecule has 4 nitrogen and oxygen atoms in total. The first-order valence-corrected chi connectivity index (χ1v) is 7.35. The van der Waals surface area contributed by atoms with Crippen LogP contribution in [0, 0.1) is 12.7 Å². The fourth-order valence-electron chi connectivity index (χ4n) is 2.16. The smallest absolute Gasteiger partial charge is 0.243 e. The molecule has 0 aromatic heterocycles. The molecule has 1 heterocycles. The van der Waals surface area contributed by atoms with Crippen molar-refractivity contribution in [1.29, 1.82) is 0 Å². The van der Waals surface area contributed by atoms with Gasteiger partial charge < -0.3 is 5.32 Å². The summed E-state index contributed by atoms with van der Waals surface area (Å²) in [6.07, 6.45) is 0. The zero-order chi connectivity index (χ0) is 13.3. The highest BCUT2D eigenvalue weighted by Crippen LogP contribution is 2.21. The number of sulfonamides is 1. The molecule has 0 amide bonds. The first-order chi connectivity index (χ1) is 8.41. The normalized spacial score (nSPS) is 22.1. The second-order valence-corrected chi connectivity index (χ2v) is 6.53. The fraction of sp³-hybridized carbons (Fsp3) is 0.500. The Balaban J connectivity index is 2.35. The van der Waals surface area contributed by atoms with Crippen LogP contribution in [-0.2, 0) is 10.0 Å². The molecule has 1 aliphatic heterocycles. The fourth-order valence-corrected chi connectivity index (χ4v) is 3.89. The molecule has 1 aliphatic rings. The summed E-state index contributed by atoms with van der Waals surface area (Å²) in [4.78, 5) is 0.193. The van der Waals surface area contributed by atoms with Crippen LogP contribution in [0.15, 0.2) is 23.1 Å². The van der Waals surface area contributed by atoms with Gasteiger partial charge in [0.25, 0.3) is 0 Å². The molecule has 6 heteroatoms. The standard InChI is InChI=1S/C12H17FN2O2S/c1-9-7-11(13)3-4-12(9)18(16,17)15-6-5-14-10(2)8-15/h3-4,7,10,14H,5-6,8H2,1-2H3/t10-/m1/s1. The quantitative estimate of drug-likeness (QED) is 0.877. The maximum atomic E-state index is 13.0. The average Bonchev–Trinajstić information content (AvgIpc) is 2.28. The van der Waals surface area contributed by atoms with Crippen molar-refractivity contribution in [3.63, 3.8) is 0 Å². The Bertz CT molecular complexity index is 545. The number of nitrogens with zero attached hydrogens (tertiary/aromatic N) is 1. The van der Waals surface area contributed by atoms with Gasteiger partial charge >= 0.3 is 0 Å². The molecule has 1 N–H and O–H groups in total. The van der Waals surface area contributed by atoms with Crippen molar-refractivity contribution in [2.75, 3.05) is 19.6 Å². The number of rotatable bonds is 2. The highest BCUT2D eigenvalue weighted by atomic mass is 32.2. The van der Waals surface area contributed by atoms with Crippen LogP contribution < -0.4 is 5.32 Å². The highest BCUT2D eigenvalue weighted by molar-refractivity contribution is 7.89. The molecule has 0 bridgehead atoms. The third kappa shape index (κ3) is 2.55. The Kier molecular flexibility index (Phi) is 3.70. The predicted molar refractivity (Wildman–Crippen MR) is 67.4 cm³/mol. The van der Waals surface area contributed by atoms with Crippen LogP contribution in [0.25, 0.3) is 0 Å². The molecular formula is C12H17FN2O2S. The summed E-state index contributed by atoms with van der Waals surface area (Å²) in [6, 6.07) is 3.91. The van der Waals surface area contributed by atoms with Gasteiger partial charge in [-0.3, -0.25) is 0 Å². The summed E-state index contributed by atoms with van der Waals surface area (Å²) in [5.41, 5.74) is 0.446. The molecule has 1 atom stereocenters. The lowest BCUT2D eigenvalue weighted by Crippen LogP contribution is -2.51. The monoisotopic (exact) mass is 272 g/mol. The van der Waals surface area contributed by atoms with E-state index in [1.54, 1.807) is 6.92 Å². The molecule has 0 saturated carbocycles. The zero-order valence-electron chi connectivity index (χ0n) is 10.5. The second-order valence-electron chi connectivity index (χ2n) is 4.63. The van der Waals surface area contributed by atoms with Gasteiger partial charge in [-0.1, -0.05) is 0 Å². The van der Waals surface area contributed by atoms with E-state index in [2.05, 4.69) is 5.32 Å². The SMILES string of the molecule is Cc1cc(F)ccc1S(=O)(=O)N1CCN[C@H](C)C1. The van der Waals surface area contributed by atoms with Crippen molar-refractivity contribution >= 4 is 10.0 Å². The lowest BCUT2D eigenvalue weighted by atomic mass is 10.2. The van der Waals surface area contributed by atoms with Gasteiger partial charge in [-0.25, -0.2) is 12.8 Å². The van der Waals surface area contributed by atoms with E-state index < -0.39 is 15.8 Å². The summed E-state index contributed by atoms with van der Waals surface area (Å²) < 4.78 is 39.4. The highest BCUT2D eigenvalue weighted by Gasteiger charge is 2.29. The predicted octanol–water partition coefficient (Wildman–Crippen LogP) is 1.12. The van der Waals surface area contributed by atoms with E-state index in [4.69, 9.17) is 0 Å². The lowest BCUT2D eigenvalue weighted by molar-refractivity contribution is 0.310. The molecule has 1 aromatic carbocycles. The first kappa shape index (κ1) is 13.5. The average molecular weight is 272 g/mol. The molecule has 100 valence electrons. The van der Waals surface area contributed by atoms with Gasteiger partial charge in [0.15, 0.2) is 0 Å². The minimum atomic E-state index is -3.52. The Morgan fingerprint density at radius 2 is 2.17 bits per heavy atom. The summed E-state index contributed by atoms with van der Waals surface area (Å²) in [7, 11) is -3.52. The number of nitrogens with one attached hydrogen (secondary N) is 1. The van der Waals surface area contributed by atoms with Gasteiger partial charge in [-0.2, -0.15) is 4.31 Å². The minimum absolute atomic E-state index is 0.134. The van der Waals surface area contributed by atoms with E-state index >= 15 is 0 Å². The molecule has 1 aromatic rings. The number of benzene rings is 1. The molecule has 18 heavy (non-hydrogen) atoms. The molecule has 0 unspecified atom stereocenters. The number of hydrogen-bond acceptors (Lipinski definition) is 3. The molecular weight excluding hydrogens is 255 g/mol. The van der Waals surface area contributed by atoms with Crippen LogP contribution in [-0.4, -0.2) is 38.4 Å². The number of piperazine rings is 1. The molecule has 2 rings (SSSR count). The van der Waals surface area contributed by atoms with Crippen molar-refractivity contribution in [3.8, 4) is 0 Å². The van der Waals surface area contributed by atoms with Crippen molar-refractivity contribution in [2.24, 2.45) is 0 Å². The van der Waals surface area contributed by atoms with Gasteiger partial charge in [0.2, 0.25) is 10.0 Å². The third-order valence-corrected chi connectivity index (χ3v) is 5.11. The maximum Gasteiger partial charge on any atom is 0.243 e. The Hall–Kier alpha value is -0.980. The van der Waals surface area contributed by atoms with E-state index in [-0.39, 0.29) is 10.9 Å². The van der Waals surface area contributed by atoms with Crippen LogP contribution in [0.2, 0.25) is 0 Å². The van der Waals surface area contributed by atoms with E-state index in [1.807, 2.05) is 6.92 Å². The summed E-state index contributed by atoms with van der Waals surface area (Å²) in [5.74, 6) is -0.417. The Labute approximate surface area is 107 Å². The van der Waals surface area contributed by atoms with Crippen molar-refractivity contribution in [2.45, 2.75) is 24.8 Å². The summed E-state index contributed by atoms with van der Waals surface area (Å²) >= 11 is 0. The van der Waals surface area contributed by atoms with E-state index in [0.717, 1.165) is 0 Å². The zero-order valence-corrected chi connectivity index (χ0v) is 11.3. The van der Waals surface area contributed by atoms with Crippen molar-refractivity contribution < 1.29 is 12.8 Å². The number of hydrogen-bond donors (Lipinski definition) is 1. The van der Waals surface area contributed by atoms with Crippen molar-refractivity contribution in [1.82, 2.24) is 9.62 Å². The largest absolute Gasteiger partial charge is 0.312 e. The molecule has 1 fully saturated rings. The maximum absolute atomic E-state index is 13.0. The second kappa shape index (κ2) is 4.95. The van der Waals surface area contributed by atoms with Crippen LogP contribution >= 0.6 is 0 Å². The van der Waals surface area contributed by atoms with Gasteiger partial charge in [0, 0.05) is 25.7 Å². The summed E-state index contributed by atoms with van der Waals surface area (Å²) in [6.45, 7) is 5.09. The van der Waals surface area contributed by atoms with Gasteiger partial charge in [0.05, 0.1) is 4.90 Å². The Morgan fingerprint density at radius 1 is 1.44 bits per heavy atom. The first-order valence-electron chi connectivity index (χ1n) is 5.91. The molecule has 0 aliphatic carbocycles. The topological polar surface area (TPSA) is 49.4 Å². The van der Waals surface area contributed by atoms with E-state index in [9.17, 15) is 12.8 Å². The number of aryl methyl sites for hydroxylation is 1. The van der Waals surface area contributed by atoms with Crippen LogP contribution in [0.4, 0.5) is 4.39 Å². The van der Waals surface area contributed by atoms with Crippen molar-refractivity contribution in [3.05, 3.63) is 29.6 Å². The van der Waals surface area contributed by atoms with Crippen LogP contribution in [0.1, 0.15) is 12.5 Å². The van der Waals surface area contributed by atoms with Crippen LogP contribution in [0.3, 0.4) is 0 Å². The molecule has 0 radical (unpaired) electrons. The van der Waals surface area contributed by atoms with Gasteiger partial charge in [-0.05, 0) is 37.6 Å². The summed E-state index contributed by atoms with van der Waals surface area (Å²) in [5, 5.41) is 3.19.